The van der Waals surface area contributed by atoms with E-state index in [9.17, 15) is 18.0 Å². The molecule has 35 heavy (non-hydrogen) atoms. The zero-order valence-electron chi connectivity index (χ0n) is 19.3. The fraction of sp³-hybridized carbons (Fsp3) is 0.370. The SMILES string of the molecule is O=C(COc1ccc(Cl)cc1)N(Cc1cccn1Cc1cccc(C(F)(F)F)c1)C1CCCCC1. The molecule has 0 saturated heterocycles. The lowest BCUT2D eigenvalue weighted by atomic mass is 9.94. The normalized spacial score (nSPS) is 14.6. The summed E-state index contributed by atoms with van der Waals surface area (Å²) in [6, 6.07) is 16.1. The second-order valence-corrected chi connectivity index (χ2v) is 9.32. The van der Waals surface area contributed by atoms with Gasteiger partial charge in [0.05, 0.1) is 12.1 Å². The topological polar surface area (TPSA) is 34.5 Å². The number of hydrogen-bond acceptors (Lipinski definition) is 2. The van der Waals surface area contributed by atoms with E-state index in [0.717, 1.165) is 43.9 Å². The molecule has 1 aliphatic rings. The minimum atomic E-state index is -4.39. The highest BCUT2D eigenvalue weighted by atomic mass is 35.5. The number of rotatable bonds is 8. The average molecular weight is 505 g/mol. The summed E-state index contributed by atoms with van der Waals surface area (Å²) in [4.78, 5) is 15.1. The summed E-state index contributed by atoms with van der Waals surface area (Å²) in [5, 5.41) is 0.592. The second-order valence-electron chi connectivity index (χ2n) is 8.88. The van der Waals surface area contributed by atoms with Gasteiger partial charge in [-0.05, 0) is 66.9 Å². The molecule has 0 bridgehead atoms. The maximum Gasteiger partial charge on any atom is 0.416 e. The van der Waals surface area contributed by atoms with E-state index in [-0.39, 0.29) is 18.6 Å². The predicted molar refractivity (Wildman–Crippen MR) is 129 cm³/mol. The van der Waals surface area contributed by atoms with Crippen molar-refractivity contribution >= 4 is 17.5 Å². The first-order valence-electron chi connectivity index (χ1n) is 11.8. The molecule has 3 aromatic rings. The third-order valence-electron chi connectivity index (χ3n) is 6.37. The van der Waals surface area contributed by atoms with E-state index in [2.05, 4.69) is 0 Å². The second kappa shape index (κ2) is 11.2. The summed E-state index contributed by atoms with van der Waals surface area (Å²) < 4.78 is 47.0. The molecular weight excluding hydrogens is 477 g/mol. The Morgan fingerprint density at radius 1 is 1.03 bits per heavy atom. The minimum absolute atomic E-state index is 0.0908. The van der Waals surface area contributed by atoms with Crippen molar-refractivity contribution in [1.82, 2.24) is 9.47 Å². The van der Waals surface area contributed by atoms with E-state index >= 15 is 0 Å². The number of ether oxygens (including phenoxy) is 1. The van der Waals surface area contributed by atoms with Crippen molar-refractivity contribution in [3.8, 4) is 5.75 Å². The van der Waals surface area contributed by atoms with Crippen molar-refractivity contribution < 1.29 is 22.7 Å². The van der Waals surface area contributed by atoms with Crippen LogP contribution in [0.15, 0.2) is 66.9 Å². The first kappa shape index (κ1) is 25.2. The largest absolute Gasteiger partial charge is 0.484 e. The van der Waals surface area contributed by atoms with Gasteiger partial charge in [0.15, 0.2) is 6.61 Å². The van der Waals surface area contributed by atoms with Crippen LogP contribution in [0.4, 0.5) is 13.2 Å². The van der Waals surface area contributed by atoms with Crippen LogP contribution < -0.4 is 4.74 Å². The zero-order valence-corrected chi connectivity index (χ0v) is 20.1. The van der Waals surface area contributed by atoms with Gasteiger partial charge in [0.25, 0.3) is 5.91 Å². The number of aromatic nitrogens is 1. The van der Waals surface area contributed by atoms with Gasteiger partial charge < -0.3 is 14.2 Å². The van der Waals surface area contributed by atoms with Crippen LogP contribution >= 0.6 is 11.6 Å². The van der Waals surface area contributed by atoms with Gasteiger partial charge in [-0.2, -0.15) is 13.2 Å². The van der Waals surface area contributed by atoms with Gasteiger partial charge in [-0.1, -0.05) is 43.0 Å². The highest BCUT2D eigenvalue weighted by Crippen LogP contribution is 2.30. The van der Waals surface area contributed by atoms with Crippen molar-refractivity contribution in [2.45, 2.75) is 57.4 Å². The summed E-state index contributed by atoms with van der Waals surface area (Å²) in [6.07, 6.45) is 2.61. The van der Waals surface area contributed by atoms with E-state index in [1.165, 1.54) is 12.1 Å². The fourth-order valence-corrected chi connectivity index (χ4v) is 4.66. The van der Waals surface area contributed by atoms with E-state index < -0.39 is 11.7 Å². The number of benzene rings is 2. The number of amides is 1. The van der Waals surface area contributed by atoms with Crippen molar-refractivity contribution in [3.63, 3.8) is 0 Å². The van der Waals surface area contributed by atoms with Gasteiger partial charge in [0, 0.05) is 29.5 Å². The number of hydrogen-bond donors (Lipinski definition) is 0. The molecular formula is C27H28ClF3N2O2. The van der Waals surface area contributed by atoms with Crippen LogP contribution in [-0.4, -0.2) is 28.0 Å². The standard InChI is InChI=1S/C27H28ClF3N2O2/c28-22-11-13-25(14-12-22)35-19-26(34)33(23-8-2-1-3-9-23)18-24-10-5-15-32(24)17-20-6-4-7-21(16-20)27(29,30)31/h4-7,10-16,23H,1-3,8-9,17-19H2. The number of nitrogens with zero attached hydrogens (tertiary/aromatic N) is 2. The first-order valence-corrected chi connectivity index (χ1v) is 12.2. The molecule has 0 aliphatic heterocycles. The van der Waals surface area contributed by atoms with Gasteiger partial charge in [-0.3, -0.25) is 4.79 Å². The van der Waals surface area contributed by atoms with Crippen molar-refractivity contribution in [2.24, 2.45) is 0 Å². The van der Waals surface area contributed by atoms with Gasteiger partial charge in [0.2, 0.25) is 0 Å². The van der Waals surface area contributed by atoms with Crippen LogP contribution in [0.25, 0.3) is 0 Å². The van der Waals surface area contributed by atoms with E-state index in [0.29, 0.717) is 29.4 Å². The van der Waals surface area contributed by atoms with Crippen molar-refractivity contribution in [1.29, 1.82) is 0 Å². The summed E-state index contributed by atoms with van der Waals surface area (Å²) in [5.41, 5.74) is 0.758. The lowest BCUT2D eigenvalue weighted by Gasteiger charge is -2.34. The summed E-state index contributed by atoms with van der Waals surface area (Å²) >= 11 is 5.92. The Labute approximate surface area is 208 Å². The highest BCUT2D eigenvalue weighted by molar-refractivity contribution is 6.30. The molecule has 1 aromatic heterocycles. The molecule has 4 nitrogen and oxygen atoms in total. The molecule has 0 N–H and O–H groups in total. The Hall–Kier alpha value is -2.93. The molecule has 4 rings (SSSR count). The number of alkyl halides is 3. The Morgan fingerprint density at radius 2 is 1.77 bits per heavy atom. The lowest BCUT2D eigenvalue weighted by Crippen LogP contribution is -2.43. The molecule has 0 unspecified atom stereocenters. The van der Waals surface area contributed by atoms with Gasteiger partial charge >= 0.3 is 6.18 Å². The van der Waals surface area contributed by atoms with Crippen LogP contribution in [0.5, 0.6) is 5.75 Å². The van der Waals surface area contributed by atoms with Crippen LogP contribution in [-0.2, 0) is 24.1 Å². The van der Waals surface area contributed by atoms with E-state index in [1.807, 2.05) is 27.8 Å². The van der Waals surface area contributed by atoms with E-state index in [1.54, 1.807) is 30.3 Å². The smallest absolute Gasteiger partial charge is 0.416 e. The minimum Gasteiger partial charge on any atom is -0.484 e. The van der Waals surface area contributed by atoms with Gasteiger partial charge in [-0.15, -0.1) is 0 Å². The monoisotopic (exact) mass is 504 g/mol. The van der Waals surface area contributed by atoms with E-state index in [4.69, 9.17) is 16.3 Å². The molecule has 8 heteroatoms. The molecule has 0 radical (unpaired) electrons. The number of carbonyl (C=O) groups is 1. The number of carbonyl (C=O) groups excluding carboxylic acids is 1. The molecule has 0 spiro atoms. The van der Waals surface area contributed by atoms with Crippen LogP contribution in [0, 0.1) is 0 Å². The average Bonchev–Trinajstić information content (AvgIpc) is 3.28. The third kappa shape index (κ3) is 6.82. The van der Waals surface area contributed by atoms with Gasteiger partial charge in [-0.25, -0.2) is 0 Å². The van der Waals surface area contributed by atoms with Crippen LogP contribution in [0.2, 0.25) is 5.02 Å². The van der Waals surface area contributed by atoms with Gasteiger partial charge in [0.1, 0.15) is 5.75 Å². The van der Waals surface area contributed by atoms with Crippen molar-refractivity contribution in [3.05, 3.63) is 88.7 Å². The maximum atomic E-state index is 13.3. The molecule has 1 heterocycles. The molecule has 1 saturated carbocycles. The maximum absolute atomic E-state index is 13.3. The predicted octanol–water partition coefficient (Wildman–Crippen LogP) is 6.95. The molecule has 186 valence electrons. The molecule has 2 aromatic carbocycles. The van der Waals surface area contributed by atoms with Crippen LogP contribution in [0.3, 0.4) is 0 Å². The Morgan fingerprint density at radius 3 is 2.49 bits per heavy atom. The Kier molecular flexibility index (Phi) is 8.06. The molecule has 1 amide bonds. The zero-order chi connectivity index (χ0) is 24.8. The first-order chi connectivity index (χ1) is 16.8. The summed E-state index contributed by atoms with van der Waals surface area (Å²) in [6.45, 7) is 0.576. The highest BCUT2D eigenvalue weighted by Gasteiger charge is 2.30. The fourth-order valence-electron chi connectivity index (χ4n) is 4.54. The third-order valence-corrected chi connectivity index (χ3v) is 6.63. The quantitative estimate of drug-likeness (QED) is 0.332. The number of halogens is 4. The summed E-state index contributed by atoms with van der Waals surface area (Å²) in [5.74, 6) is 0.456. The van der Waals surface area contributed by atoms with Crippen LogP contribution in [0.1, 0.15) is 48.9 Å². The lowest BCUT2D eigenvalue weighted by molar-refractivity contribution is -0.138. The Balaban J connectivity index is 1.49. The Bertz CT molecular complexity index is 1120. The summed E-state index contributed by atoms with van der Waals surface area (Å²) in [7, 11) is 0. The van der Waals surface area contributed by atoms with Crippen molar-refractivity contribution in [2.75, 3.05) is 6.61 Å². The molecule has 0 atom stereocenters. The molecule has 1 fully saturated rings. The molecule has 1 aliphatic carbocycles.